The topological polar surface area (TPSA) is 134 Å². The smallest absolute Gasteiger partial charge is 0.407 e. The largest absolute Gasteiger partial charge is 0.465 e. The lowest BCUT2D eigenvalue weighted by molar-refractivity contribution is 0.0692. The predicted molar refractivity (Wildman–Crippen MR) is 103 cm³/mol. The Morgan fingerprint density at radius 2 is 2.03 bits per heavy atom. The van der Waals surface area contributed by atoms with Gasteiger partial charge in [-0.15, -0.1) is 0 Å². The highest BCUT2D eigenvalue weighted by Gasteiger charge is 2.36. The van der Waals surface area contributed by atoms with Crippen LogP contribution in [-0.2, 0) is 11.3 Å². The molecule has 162 valence electrons. The number of carbonyl (C=O) groups is 3. The lowest BCUT2D eigenvalue weighted by atomic mass is 9.70. The van der Waals surface area contributed by atoms with Crippen LogP contribution in [0.1, 0.15) is 55.8 Å². The maximum atomic E-state index is 12.0. The summed E-state index contributed by atoms with van der Waals surface area (Å²) in [6.07, 6.45) is 1.86. The number of piperidine rings is 1. The normalized spacial score (nSPS) is 15.8. The fourth-order valence-corrected chi connectivity index (χ4v) is 3.83. The molecule has 0 radical (unpaired) electrons. The molecule has 10 heteroatoms. The number of likely N-dealkylation sites (tertiary alicyclic amines) is 1. The fraction of sp³-hybridized carbons (Fsp3) is 0.684. The highest BCUT2D eigenvalue weighted by Crippen LogP contribution is 2.40. The number of hydrogen-bond donors (Lipinski definition) is 3. The summed E-state index contributed by atoms with van der Waals surface area (Å²) >= 11 is 0. The lowest BCUT2D eigenvalue weighted by Crippen LogP contribution is -2.44. The van der Waals surface area contributed by atoms with Crippen molar-refractivity contribution in [1.82, 2.24) is 20.7 Å². The summed E-state index contributed by atoms with van der Waals surface area (Å²) in [7, 11) is 1.48. The number of nitrogens with zero attached hydrogens (tertiary/aromatic N) is 2. The molecule has 0 atom stereocenters. The second kappa shape index (κ2) is 10.1. The highest BCUT2D eigenvalue weighted by atomic mass is 16.6. The lowest BCUT2D eigenvalue weighted by Gasteiger charge is -2.42. The quantitative estimate of drug-likeness (QED) is 0.599. The van der Waals surface area contributed by atoms with Crippen LogP contribution in [0.25, 0.3) is 0 Å². The number of amides is 3. The van der Waals surface area contributed by atoms with Gasteiger partial charge in [0, 0.05) is 32.7 Å². The Hall–Kier alpha value is -2.78. The number of rotatable bonds is 8. The molecule has 1 aromatic heterocycles. The van der Waals surface area contributed by atoms with Gasteiger partial charge in [0.05, 0.1) is 0 Å². The van der Waals surface area contributed by atoms with Crippen LogP contribution in [-0.4, -0.2) is 59.9 Å². The van der Waals surface area contributed by atoms with Crippen LogP contribution in [0.3, 0.4) is 0 Å². The summed E-state index contributed by atoms with van der Waals surface area (Å²) in [5.74, 6) is 0.379. The van der Waals surface area contributed by atoms with Crippen molar-refractivity contribution in [2.75, 3.05) is 26.7 Å². The van der Waals surface area contributed by atoms with E-state index in [4.69, 9.17) is 14.4 Å². The summed E-state index contributed by atoms with van der Waals surface area (Å²) in [6, 6.07) is 1.42. The molecule has 29 heavy (non-hydrogen) atoms. The average Bonchev–Trinajstić information content (AvgIpc) is 3.14. The van der Waals surface area contributed by atoms with E-state index in [0.717, 1.165) is 25.7 Å². The van der Waals surface area contributed by atoms with E-state index >= 15 is 0 Å². The standard InChI is InChI=1S/C19H30N4O6/c1-13(2)11-19(5-8-23(9-6-19)18(26)27)4-7-21-17(25)28-12-14-10-15(22-29-14)16(24)20-3/h10,13H,4-9,11-12H2,1-3H3,(H,20,24)(H,21,25)(H,26,27). The Bertz CT molecular complexity index is 709. The number of hydrogen-bond acceptors (Lipinski definition) is 6. The van der Waals surface area contributed by atoms with Gasteiger partial charge in [-0.25, -0.2) is 9.59 Å². The van der Waals surface area contributed by atoms with Gasteiger partial charge in [0.1, 0.15) is 0 Å². The van der Waals surface area contributed by atoms with Crippen LogP contribution >= 0.6 is 0 Å². The van der Waals surface area contributed by atoms with Crippen molar-refractivity contribution in [3.05, 3.63) is 17.5 Å². The Morgan fingerprint density at radius 1 is 1.34 bits per heavy atom. The van der Waals surface area contributed by atoms with Gasteiger partial charge in [0.15, 0.2) is 18.1 Å². The minimum atomic E-state index is -0.878. The first-order valence-corrected chi connectivity index (χ1v) is 9.81. The maximum absolute atomic E-state index is 12.0. The average molecular weight is 410 g/mol. The number of ether oxygens (including phenoxy) is 1. The zero-order chi connectivity index (χ0) is 21.4. The van der Waals surface area contributed by atoms with Crippen molar-refractivity contribution in [1.29, 1.82) is 0 Å². The van der Waals surface area contributed by atoms with Gasteiger partial charge < -0.3 is 29.9 Å². The molecule has 1 aliphatic heterocycles. The Morgan fingerprint density at radius 3 is 2.62 bits per heavy atom. The van der Waals surface area contributed by atoms with Crippen LogP contribution in [0.4, 0.5) is 9.59 Å². The van der Waals surface area contributed by atoms with Crippen molar-refractivity contribution >= 4 is 18.1 Å². The van der Waals surface area contributed by atoms with E-state index in [2.05, 4.69) is 29.6 Å². The number of aromatic nitrogens is 1. The Balaban J connectivity index is 1.78. The van der Waals surface area contributed by atoms with Crippen molar-refractivity contribution < 1.29 is 28.8 Å². The monoisotopic (exact) mass is 410 g/mol. The molecule has 0 unspecified atom stereocenters. The Kier molecular flexibility index (Phi) is 7.86. The third-order valence-corrected chi connectivity index (χ3v) is 5.22. The molecule has 3 N–H and O–H groups in total. The molecule has 1 aromatic rings. The molecule has 1 aliphatic rings. The summed E-state index contributed by atoms with van der Waals surface area (Å²) in [6.45, 7) is 5.66. The van der Waals surface area contributed by atoms with E-state index in [1.54, 1.807) is 0 Å². The van der Waals surface area contributed by atoms with E-state index in [9.17, 15) is 14.4 Å². The minimum absolute atomic E-state index is 0.0146. The number of nitrogens with one attached hydrogen (secondary N) is 2. The van der Waals surface area contributed by atoms with Gasteiger partial charge in [-0.3, -0.25) is 4.79 Å². The predicted octanol–water partition coefficient (Wildman–Crippen LogP) is 2.46. The van der Waals surface area contributed by atoms with Crippen LogP contribution < -0.4 is 10.6 Å². The van der Waals surface area contributed by atoms with Crippen LogP contribution in [0.15, 0.2) is 10.6 Å². The molecule has 1 saturated heterocycles. The number of carboxylic acid groups (broad SMARTS) is 1. The van der Waals surface area contributed by atoms with E-state index in [1.807, 2.05) is 0 Å². The zero-order valence-corrected chi connectivity index (χ0v) is 17.2. The third-order valence-electron chi connectivity index (χ3n) is 5.22. The van der Waals surface area contributed by atoms with E-state index in [0.29, 0.717) is 25.6 Å². The molecule has 0 bridgehead atoms. The molecule has 0 saturated carbocycles. The molecule has 0 aliphatic carbocycles. The van der Waals surface area contributed by atoms with Gasteiger partial charge in [0.2, 0.25) is 0 Å². The zero-order valence-electron chi connectivity index (χ0n) is 17.2. The minimum Gasteiger partial charge on any atom is -0.465 e. The molecule has 1 fully saturated rings. The fourth-order valence-electron chi connectivity index (χ4n) is 3.83. The van der Waals surface area contributed by atoms with Crippen LogP contribution in [0, 0.1) is 11.3 Å². The molecule has 10 nitrogen and oxygen atoms in total. The molecule has 2 rings (SSSR count). The van der Waals surface area contributed by atoms with Gasteiger partial charge in [-0.05, 0) is 37.0 Å². The van der Waals surface area contributed by atoms with Crippen molar-refractivity contribution in [2.24, 2.45) is 11.3 Å². The second-order valence-corrected chi connectivity index (χ2v) is 7.88. The van der Waals surface area contributed by atoms with Crippen molar-refractivity contribution in [2.45, 2.75) is 46.1 Å². The van der Waals surface area contributed by atoms with Crippen LogP contribution in [0.5, 0.6) is 0 Å². The molecule has 3 amide bonds. The van der Waals surface area contributed by atoms with Crippen molar-refractivity contribution in [3.63, 3.8) is 0 Å². The van der Waals surface area contributed by atoms with Gasteiger partial charge in [-0.1, -0.05) is 19.0 Å². The number of alkyl carbamates (subject to hydrolysis) is 1. The van der Waals surface area contributed by atoms with Crippen molar-refractivity contribution in [3.8, 4) is 0 Å². The van der Waals surface area contributed by atoms with Crippen LogP contribution in [0.2, 0.25) is 0 Å². The second-order valence-electron chi connectivity index (χ2n) is 7.88. The molecule has 0 spiro atoms. The molecule has 2 heterocycles. The first kappa shape index (κ1) is 22.5. The highest BCUT2D eigenvalue weighted by molar-refractivity contribution is 5.91. The maximum Gasteiger partial charge on any atom is 0.407 e. The summed E-state index contributed by atoms with van der Waals surface area (Å²) in [5.41, 5.74) is 0.135. The molecule has 0 aromatic carbocycles. The first-order chi connectivity index (χ1) is 13.7. The van der Waals surface area contributed by atoms with E-state index < -0.39 is 12.2 Å². The number of carbonyl (C=O) groups excluding carboxylic acids is 2. The van der Waals surface area contributed by atoms with Gasteiger partial charge in [-0.2, -0.15) is 0 Å². The summed E-state index contributed by atoms with van der Waals surface area (Å²) < 4.78 is 10.1. The summed E-state index contributed by atoms with van der Waals surface area (Å²) in [4.78, 5) is 36.0. The Labute approximate surface area is 169 Å². The van der Waals surface area contributed by atoms with Gasteiger partial charge >= 0.3 is 12.2 Å². The SMILES string of the molecule is CNC(=O)c1cc(COC(=O)NCCC2(CC(C)C)CCN(C(=O)O)CC2)on1. The molecular weight excluding hydrogens is 380 g/mol. The van der Waals surface area contributed by atoms with Gasteiger partial charge in [0.25, 0.3) is 5.91 Å². The van der Waals surface area contributed by atoms with E-state index in [-0.39, 0.29) is 29.4 Å². The van der Waals surface area contributed by atoms with E-state index in [1.165, 1.54) is 18.0 Å². The summed E-state index contributed by atoms with van der Waals surface area (Å²) in [5, 5.41) is 17.9. The first-order valence-electron chi connectivity index (χ1n) is 9.81. The molecular formula is C19H30N4O6. The third kappa shape index (κ3) is 6.65.